The monoisotopic (exact) mass is 706 g/mol. The summed E-state index contributed by atoms with van der Waals surface area (Å²) in [7, 11) is 0. The first-order valence-corrected chi connectivity index (χ1v) is 12.9. The fourth-order valence-electron chi connectivity index (χ4n) is 4.71. The number of nitriles is 1. The van der Waals surface area contributed by atoms with Gasteiger partial charge in [-0.3, -0.25) is 0 Å². The first-order chi connectivity index (χ1) is 19.7. The molecule has 0 N–H and O–H groups in total. The molecule has 0 atom stereocenters. The van der Waals surface area contributed by atoms with Gasteiger partial charge in [0, 0.05) is 43.4 Å². The van der Waals surface area contributed by atoms with E-state index in [2.05, 4.69) is 41.2 Å². The first-order valence-electron chi connectivity index (χ1n) is 12.9. The fourth-order valence-corrected chi connectivity index (χ4v) is 4.71. The third-order valence-corrected chi connectivity index (χ3v) is 6.62. The summed E-state index contributed by atoms with van der Waals surface area (Å²) in [5.74, 6) is 0. The Morgan fingerprint density at radius 1 is 0.707 bits per heavy atom. The summed E-state index contributed by atoms with van der Waals surface area (Å²) in [6, 6.07) is 44.1. The van der Waals surface area contributed by atoms with Gasteiger partial charge >= 0.3 is 0 Å². The number of hydrogen-bond acceptors (Lipinski definition) is 4. The zero-order valence-corrected chi connectivity index (χ0v) is 24.5. The van der Waals surface area contributed by atoms with Gasteiger partial charge in [-0.05, 0) is 36.0 Å². The molecule has 3 heterocycles. The van der Waals surface area contributed by atoms with E-state index in [0.717, 1.165) is 44.4 Å². The van der Waals surface area contributed by atoms with E-state index in [1.807, 2.05) is 109 Å². The molecule has 7 aromatic rings. The van der Waals surface area contributed by atoms with Gasteiger partial charge in [-0.2, -0.15) is 5.26 Å². The SMILES string of the molecule is Cc1ccnc(-c2[c-]cccc2)c1.N#Cc1c(-c2ccccc2)ccc2c1oc1c(-c3ccccn3)[c-]ccc12.[Ir]. The summed E-state index contributed by atoms with van der Waals surface area (Å²) in [6.07, 6.45) is 3.57. The Morgan fingerprint density at radius 2 is 1.49 bits per heavy atom. The largest absolute Gasteiger partial charge is 0.499 e. The minimum Gasteiger partial charge on any atom is -0.499 e. The Hall–Kier alpha value is -4.88. The number of hydrogen-bond donors (Lipinski definition) is 0. The number of furan rings is 1. The van der Waals surface area contributed by atoms with Crippen molar-refractivity contribution in [2.24, 2.45) is 0 Å². The second-order valence-corrected chi connectivity index (χ2v) is 9.25. The van der Waals surface area contributed by atoms with E-state index in [1.54, 1.807) is 6.20 Å². The van der Waals surface area contributed by atoms with E-state index < -0.39 is 0 Å². The normalized spacial score (nSPS) is 10.3. The van der Waals surface area contributed by atoms with E-state index in [9.17, 15) is 5.26 Å². The molecule has 0 fully saturated rings. The molecule has 0 unspecified atom stereocenters. The summed E-state index contributed by atoms with van der Waals surface area (Å²) in [5, 5.41) is 11.7. The van der Waals surface area contributed by atoms with Gasteiger partial charge in [0.2, 0.25) is 0 Å². The Labute approximate surface area is 252 Å². The number of aromatic nitrogens is 2. The van der Waals surface area contributed by atoms with Crippen LogP contribution < -0.4 is 0 Å². The molecule has 199 valence electrons. The van der Waals surface area contributed by atoms with Crippen molar-refractivity contribution in [3.05, 3.63) is 145 Å². The second kappa shape index (κ2) is 12.5. The van der Waals surface area contributed by atoms with Crippen LogP contribution in [0, 0.1) is 30.4 Å². The number of aryl methyl sites for hydroxylation is 1. The zero-order valence-electron chi connectivity index (χ0n) is 22.1. The Kier molecular flexibility index (Phi) is 8.46. The predicted molar refractivity (Wildman–Crippen MR) is 159 cm³/mol. The van der Waals surface area contributed by atoms with Crippen molar-refractivity contribution in [3.63, 3.8) is 0 Å². The Bertz CT molecular complexity index is 1960. The molecule has 0 spiro atoms. The van der Waals surface area contributed by atoms with E-state index in [4.69, 9.17) is 4.42 Å². The van der Waals surface area contributed by atoms with E-state index in [-0.39, 0.29) is 20.1 Å². The van der Waals surface area contributed by atoms with Gasteiger partial charge in [0.1, 0.15) is 17.2 Å². The fraction of sp³-hybridized carbons (Fsp3) is 0.0278. The van der Waals surface area contributed by atoms with Crippen molar-refractivity contribution in [2.45, 2.75) is 6.92 Å². The third-order valence-electron chi connectivity index (χ3n) is 6.62. The third kappa shape index (κ3) is 5.71. The van der Waals surface area contributed by atoms with Crippen molar-refractivity contribution in [1.82, 2.24) is 9.97 Å². The number of nitrogens with zero attached hydrogens (tertiary/aromatic N) is 3. The molecule has 41 heavy (non-hydrogen) atoms. The van der Waals surface area contributed by atoms with Crippen LogP contribution in [0.25, 0.3) is 55.6 Å². The van der Waals surface area contributed by atoms with Gasteiger partial charge in [-0.25, -0.2) is 0 Å². The van der Waals surface area contributed by atoms with Crippen molar-refractivity contribution in [3.8, 4) is 39.7 Å². The van der Waals surface area contributed by atoms with Crippen LogP contribution in [0.2, 0.25) is 0 Å². The minimum absolute atomic E-state index is 0. The average molecular weight is 706 g/mol. The molecule has 7 rings (SSSR count). The molecule has 1 radical (unpaired) electrons. The maximum absolute atomic E-state index is 9.86. The van der Waals surface area contributed by atoms with Crippen LogP contribution in [-0.4, -0.2) is 9.97 Å². The van der Waals surface area contributed by atoms with E-state index in [1.165, 1.54) is 5.56 Å². The van der Waals surface area contributed by atoms with Gasteiger partial charge in [-0.1, -0.05) is 77.2 Å². The molecule has 5 heteroatoms. The van der Waals surface area contributed by atoms with Gasteiger partial charge in [0.15, 0.2) is 0 Å². The molecule has 3 aromatic heterocycles. The summed E-state index contributed by atoms with van der Waals surface area (Å²) >= 11 is 0. The molecule has 0 aliphatic rings. The Morgan fingerprint density at radius 3 is 2.22 bits per heavy atom. The van der Waals surface area contributed by atoms with Gasteiger partial charge in [-0.15, -0.1) is 54.1 Å². The van der Waals surface area contributed by atoms with Gasteiger partial charge < -0.3 is 14.4 Å². The summed E-state index contributed by atoms with van der Waals surface area (Å²) in [6.45, 7) is 2.06. The number of pyridine rings is 2. The van der Waals surface area contributed by atoms with Crippen molar-refractivity contribution in [1.29, 1.82) is 5.26 Å². The van der Waals surface area contributed by atoms with Crippen LogP contribution in [0.15, 0.2) is 126 Å². The van der Waals surface area contributed by atoms with Crippen LogP contribution in [0.1, 0.15) is 11.1 Å². The van der Waals surface area contributed by atoms with Crippen LogP contribution in [0.5, 0.6) is 0 Å². The van der Waals surface area contributed by atoms with Gasteiger partial charge in [0.25, 0.3) is 0 Å². The predicted octanol–water partition coefficient (Wildman–Crippen LogP) is 8.84. The van der Waals surface area contributed by atoms with Crippen LogP contribution in [0.4, 0.5) is 0 Å². The molecule has 4 nitrogen and oxygen atoms in total. The van der Waals surface area contributed by atoms with Crippen molar-refractivity contribution >= 4 is 21.9 Å². The minimum atomic E-state index is 0. The number of benzene rings is 4. The summed E-state index contributed by atoms with van der Waals surface area (Å²) in [5.41, 5.74) is 8.56. The van der Waals surface area contributed by atoms with Crippen molar-refractivity contribution in [2.75, 3.05) is 0 Å². The van der Waals surface area contributed by atoms with E-state index >= 15 is 0 Å². The molecule has 4 aromatic carbocycles. The maximum atomic E-state index is 9.86. The zero-order chi connectivity index (χ0) is 27.3. The van der Waals surface area contributed by atoms with Gasteiger partial charge in [0.05, 0.1) is 5.58 Å². The molecule has 0 bridgehead atoms. The second-order valence-electron chi connectivity index (χ2n) is 9.25. The van der Waals surface area contributed by atoms with Crippen LogP contribution in [-0.2, 0) is 20.1 Å². The molecule has 0 saturated heterocycles. The standard InChI is InChI=1S/C24H13N2O.C12H10N.Ir/c25-15-21-17(16-7-2-1-3-8-16)12-13-19-18-9-6-10-20(23(18)27-24(19)21)22-11-4-5-14-26-22;1-10-7-8-13-12(9-10)11-5-3-2-4-6-11;/h1-9,11-14H;2-5,7-9H,1H3;/q2*-1;. The molecule has 0 amide bonds. The van der Waals surface area contributed by atoms with E-state index in [0.29, 0.717) is 16.7 Å². The van der Waals surface area contributed by atoms with Crippen LogP contribution in [0.3, 0.4) is 0 Å². The molecular formula is C36H23IrN3O-2. The molecule has 0 aliphatic heterocycles. The molecular weight excluding hydrogens is 683 g/mol. The topological polar surface area (TPSA) is 62.7 Å². The average Bonchev–Trinajstić information content (AvgIpc) is 3.41. The quantitative estimate of drug-likeness (QED) is 0.173. The molecule has 0 saturated carbocycles. The molecule has 0 aliphatic carbocycles. The maximum Gasteiger partial charge on any atom is 0.139 e. The number of fused-ring (bicyclic) bond motifs is 3. The number of rotatable bonds is 3. The van der Waals surface area contributed by atoms with Crippen LogP contribution >= 0.6 is 0 Å². The Balaban J connectivity index is 0.000000204. The first kappa shape index (κ1) is 27.7. The smallest absolute Gasteiger partial charge is 0.139 e. The van der Waals surface area contributed by atoms with Crippen molar-refractivity contribution < 1.29 is 24.5 Å². The summed E-state index contributed by atoms with van der Waals surface area (Å²) < 4.78 is 6.23. The summed E-state index contributed by atoms with van der Waals surface area (Å²) in [4.78, 5) is 8.70.